The van der Waals surface area contributed by atoms with Gasteiger partial charge in [0.25, 0.3) is 11.8 Å². The zero-order valence-corrected chi connectivity index (χ0v) is 11.4. The highest BCUT2D eigenvalue weighted by Crippen LogP contribution is 2.19. The molecule has 8 heteroatoms. The van der Waals surface area contributed by atoms with Crippen molar-refractivity contribution in [2.75, 3.05) is 0 Å². The van der Waals surface area contributed by atoms with Gasteiger partial charge in [-0.3, -0.25) is 25.5 Å². The number of rotatable bonds is 2. The van der Waals surface area contributed by atoms with Crippen LogP contribution < -0.4 is 10.9 Å². The molecule has 0 bridgehead atoms. The third-order valence-electron chi connectivity index (χ3n) is 2.88. The van der Waals surface area contributed by atoms with E-state index < -0.39 is 11.8 Å². The standard InChI is InChI=1S/C13H10ClN5O2/c14-9-1-2-10-7(3-9)4-11(17-10)13(21)19-18-12(20)8-5-15-16-6-8/h1-6,17H,(H,15,16)(H,18,20)(H,19,21). The Morgan fingerprint density at radius 2 is 1.95 bits per heavy atom. The highest BCUT2D eigenvalue weighted by atomic mass is 35.5. The van der Waals surface area contributed by atoms with Crippen LogP contribution >= 0.6 is 11.6 Å². The molecule has 2 aromatic heterocycles. The molecule has 21 heavy (non-hydrogen) atoms. The van der Waals surface area contributed by atoms with Crippen LogP contribution in [0.15, 0.2) is 36.7 Å². The molecular weight excluding hydrogens is 294 g/mol. The Morgan fingerprint density at radius 3 is 2.71 bits per heavy atom. The third kappa shape index (κ3) is 2.72. The zero-order chi connectivity index (χ0) is 14.8. The second kappa shape index (κ2) is 5.29. The molecule has 0 aliphatic carbocycles. The van der Waals surface area contributed by atoms with E-state index >= 15 is 0 Å². The van der Waals surface area contributed by atoms with Gasteiger partial charge in [0.1, 0.15) is 5.69 Å². The van der Waals surface area contributed by atoms with Crippen molar-refractivity contribution in [3.8, 4) is 0 Å². The molecule has 0 fully saturated rings. The van der Waals surface area contributed by atoms with Crippen LogP contribution in [-0.2, 0) is 0 Å². The van der Waals surface area contributed by atoms with Gasteiger partial charge in [0.2, 0.25) is 0 Å². The summed E-state index contributed by atoms with van der Waals surface area (Å²) in [7, 11) is 0. The summed E-state index contributed by atoms with van der Waals surface area (Å²) in [5.74, 6) is -0.921. The van der Waals surface area contributed by atoms with E-state index in [0.717, 1.165) is 10.9 Å². The maximum atomic E-state index is 12.0. The van der Waals surface area contributed by atoms with Gasteiger partial charge in [-0.15, -0.1) is 0 Å². The average molecular weight is 304 g/mol. The summed E-state index contributed by atoms with van der Waals surface area (Å²) in [6, 6.07) is 6.90. The van der Waals surface area contributed by atoms with Gasteiger partial charge in [0.05, 0.1) is 11.8 Å². The second-order valence-electron chi connectivity index (χ2n) is 4.31. The first-order valence-electron chi connectivity index (χ1n) is 6.01. The fourth-order valence-electron chi connectivity index (χ4n) is 1.85. The van der Waals surface area contributed by atoms with Gasteiger partial charge in [-0.2, -0.15) is 5.10 Å². The van der Waals surface area contributed by atoms with Crippen LogP contribution in [0.2, 0.25) is 5.02 Å². The number of hydrogen-bond acceptors (Lipinski definition) is 3. The average Bonchev–Trinajstić information content (AvgIpc) is 3.12. The number of halogens is 1. The van der Waals surface area contributed by atoms with Crippen molar-refractivity contribution in [1.82, 2.24) is 26.0 Å². The summed E-state index contributed by atoms with van der Waals surface area (Å²) < 4.78 is 0. The molecule has 106 valence electrons. The van der Waals surface area contributed by atoms with E-state index in [2.05, 4.69) is 26.0 Å². The molecule has 0 spiro atoms. The van der Waals surface area contributed by atoms with Crippen molar-refractivity contribution < 1.29 is 9.59 Å². The topological polar surface area (TPSA) is 103 Å². The number of amides is 2. The van der Waals surface area contributed by atoms with E-state index in [-0.39, 0.29) is 0 Å². The molecule has 3 aromatic rings. The number of hydrogen-bond donors (Lipinski definition) is 4. The van der Waals surface area contributed by atoms with Gasteiger partial charge in [-0.05, 0) is 24.3 Å². The number of aromatic nitrogens is 3. The van der Waals surface area contributed by atoms with Gasteiger partial charge in [0, 0.05) is 22.1 Å². The van der Waals surface area contributed by atoms with Crippen LogP contribution in [-0.4, -0.2) is 27.0 Å². The molecule has 2 amide bonds. The van der Waals surface area contributed by atoms with E-state index in [0.29, 0.717) is 16.3 Å². The van der Waals surface area contributed by atoms with E-state index in [1.807, 2.05) is 0 Å². The first-order valence-corrected chi connectivity index (χ1v) is 6.39. The fraction of sp³-hybridized carbons (Fsp3) is 0. The maximum absolute atomic E-state index is 12.0. The maximum Gasteiger partial charge on any atom is 0.286 e. The van der Waals surface area contributed by atoms with Gasteiger partial charge in [-0.25, -0.2) is 0 Å². The molecule has 0 saturated heterocycles. The molecule has 7 nitrogen and oxygen atoms in total. The largest absolute Gasteiger partial charge is 0.350 e. The van der Waals surface area contributed by atoms with Crippen molar-refractivity contribution in [1.29, 1.82) is 0 Å². The Morgan fingerprint density at radius 1 is 1.14 bits per heavy atom. The molecular formula is C13H10ClN5O2. The van der Waals surface area contributed by atoms with Crippen molar-refractivity contribution in [3.05, 3.63) is 52.9 Å². The summed E-state index contributed by atoms with van der Waals surface area (Å²) in [4.78, 5) is 26.5. The minimum Gasteiger partial charge on any atom is -0.350 e. The predicted octanol–water partition coefficient (Wildman–Crippen LogP) is 1.62. The van der Waals surface area contributed by atoms with E-state index in [1.54, 1.807) is 24.3 Å². The van der Waals surface area contributed by atoms with Crippen molar-refractivity contribution in [2.45, 2.75) is 0 Å². The first kappa shape index (κ1) is 13.2. The number of nitrogens with zero attached hydrogens (tertiary/aromatic N) is 1. The number of carbonyl (C=O) groups excluding carboxylic acids is 2. The zero-order valence-electron chi connectivity index (χ0n) is 10.6. The summed E-state index contributed by atoms with van der Waals surface area (Å²) in [5, 5.41) is 7.56. The Balaban J connectivity index is 1.70. The Hall–Kier alpha value is -2.80. The molecule has 0 saturated carbocycles. The first-order chi connectivity index (χ1) is 10.1. The molecule has 1 aromatic carbocycles. The lowest BCUT2D eigenvalue weighted by Gasteiger charge is -2.04. The van der Waals surface area contributed by atoms with E-state index in [1.165, 1.54) is 12.4 Å². The lowest BCUT2D eigenvalue weighted by molar-refractivity contribution is 0.0844. The van der Waals surface area contributed by atoms with Gasteiger partial charge in [0.15, 0.2) is 0 Å². The van der Waals surface area contributed by atoms with Crippen LogP contribution in [0.5, 0.6) is 0 Å². The number of carbonyl (C=O) groups is 2. The molecule has 0 radical (unpaired) electrons. The van der Waals surface area contributed by atoms with Gasteiger partial charge in [-0.1, -0.05) is 11.6 Å². The monoisotopic (exact) mass is 303 g/mol. The van der Waals surface area contributed by atoms with E-state index in [9.17, 15) is 9.59 Å². The Bertz CT molecular complexity index is 809. The Kier molecular flexibility index (Phi) is 3.33. The molecule has 0 unspecified atom stereocenters. The molecule has 0 aliphatic heterocycles. The van der Waals surface area contributed by atoms with Gasteiger partial charge >= 0.3 is 0 Å². The van der Waals surface area contributed by atoms with Crippen molar-refractivity contribution in [3.63, 3.8) is 0 Å². The smallest absolute Gasteiger partial charge is 0.286 e. The number of fused-ring (bicyclic) bond motifs is 1. The fourth-order valence-corrected chi connectivity index (χ4v) is 2.03. The quantitative estimate of drug-likeness (QED) is 0.541. The van der Waals surface area contributed by atoms with Gasteiger partial charge < -0.3 is 4.98 Å². The number of aromatic amines is 2. The predicted molar refractivity (Wildman–Crippen MR) is 76.8 cm³/mol. The number of hydrazine groups is 1. The summed E-state index contributed by atoms with van der Waals surface area (Å²) >= 11 is 5.89. The SMILES string of the molecule is O=C(NNC(=O)c1cc2cc(Cl)ccc2[nH]1)c1cn[nH]c1. The Labute approximate surface area is 123 Å². The summed E-state index contributed by atoms with van der Waals surface area (Å²) in [6.45, 7) is 0. The second-order valence-corrected chi connectivity index (χ2v) is 4.75. The third-order valence-corrected chi connectivity index (χ3v) is 3.11. The lowest BCUT2D eigenvalue weighted by atomic mass is 10.2. The van der Waals surface area contributed by atoms with Crippen LogP contribution in [0.4, 0.5) is 0 Å². The van der Waals surface area contributed by atoms with Crippen LogP contribution in [0.3, 0.4) is 0 Å². The highest BCUT2D eigenvalue weighted by Gasteiger charge is 2.12. The van der Waals surface area contributed by atoms with Crippen LogP contribution in [0.1, 0.15) is 20.8 Å². The lowest BCUT2D eigenvalue weighted by Crippen LogP contribution is -2.41. The minimum atomic E-state index is -0.462. The molecule has 0 atom stereocenters. The molecule has 0 aliphatic rings. The van der Waals surface area contributed by atoms with E-state index in [4.69, 9.17) is 11.6 Å². The number of benzene rings is 1. The summed E-state index contributed by atoms with van der Waals surface area (Å²) in [5.41, 5.74) is 6.03. The van der Waals surface area contributed by atoms with Crippen LogP contribution in [0.25, 0.3) is 10.9 Å². The summed E-state index contributed by atoms with van der Waals surface area (Å²) in [6.07, 6.45) is 2.78. The number of H-pyrrole nitrogens is 2. The highest BCUT2D eigenvalue weighted by molar-refractivity contribution is 6.31. The molecule has 2 heterocycles. The normalized spacial score (nSPS) is 10.5. The van der Waals surface area contributed by atoms with Crippen molar-refractivity contribution >= 4 is 34.3 Å². The van der Waals surface area contributed by atoms with Crippen molar-refractivity contribution in [2.24, 2.45) is 0 Å². The number of nitrogens with one attached hydrogen (secondary N) is 4. The van der Waals surface area contributed by atoms with Crippen LogP contribution in [0, 0.1) is 0 Å². The molecule has 3 rings (SSSR count). The molecule has 4 N–H and O–H groups in total. The minimum absolute atomic E-state index is 0.318.